The van der Waals surface area contributed by atoms with Gasteiger partial charge in [0.1, 0.15) is 0 Å². The summed E-state index contributed by atoms with van der Waals surface area (Å²) in [5, 5.41) is 0. The molecule has 0 rings (SSSR count). The molecule has 7 heavy (non-hydrogen) atoms. The number of rotatable bonds is 0. The van der Waals surface area contributed by atoms with Gasteiger partial charge in [-0.3, -0.25) is 4.21 Å². The van der Waals surface area contributed by atoms with Crippen molar-refractivity contribution >= 4 is 11.4 Å². The third-order valence-electron chi connectivity index (χ3n) is 0. The Labute approximate surface area is 53.3 Å². The second kappa shape index (κ2) is 16.0. The Morgan fingerprint density at radius 3 is 1.14 bits per heavy atom. The average Bonchev–Trinajstić information content (AvgIpc) is 0.811. The zero-order valence-electron chi connectivity index (χ0n) is 2.93. The van der Waals surface area contributed by atoms with Crippen LogP contribution in [-0.4, -0.2) is 24.3 Å². The quantitative estimate of drug-likeness (QED) is 0.298. The molecular formula is H4CuO5S. The van der Waals surface area contributed by atoms with Crippen molar-refractivity contribution in [1.82, 2.24) is 0 Å². The molecular weight excluding hydrogens is 176 g/mol. The Morgan fingerprint density at radius 2 is 1.14 bits per heavy atom. The molecule has 0 spiro atoms. The van der Waals surface area contributed by atoms with Crippen molar-refractivity contribution in [3.05, 3.63) is 0 Å². The minimum Gasteiger partial charge on any atom is -0.784 e. The molecule has 7 heteroatoms. The van der Waals surface area contributed by atoms with E-state index >= 15 is 0 Å². The molecule has 0 aliphatic heterocycles. The van der Waals surface area contributed by atoms with Gasteiger partial charge >= 0.3 is 17.1 Å². The molecule has 0 unspecified atom stereocenters. The van der Waals surface area contributed by atoms with Gasteiger partial charge in [-0.05, 0) is 0 Å². The molecule has 5 nitrogen and oxygen atoms in total. The second-order valence-electron chi connectivity index (χ2n) is 0.204. The first-order valence-corrected chi connectivity index (χ1v) is 1.50. The van der Waals surface area contributed by atoms with E-state index in [0.29, 0.717) is 0 Å². The summed E-state index contributed by atoms with van der Waals surface area (Å²) >= 11 is -3.11. The van der Waals surface area contributed by atoms with E-state index in [1.54, 1.807) is 0 Å². The maximum Gasteiger partial charge on any atom is 2.00 e. The van der Waals surface area contributed by atoms with Crippen LogP contribution in [0.4, 0.5) is 0 Å². The Bertz CT molecular complexity index is 31.1. The van der Waals surface area contributed by atoms with Crippen molar-refractivity contribution in [1.29, 1.82) is 0 Å². The van der Waals surface area contributed by atoms with Crippen LogP contribution in [0.5, 0.6) is 0 Å². The summed E-state index contributed by atoms with van der Waals surface area (Å²) in [5.41, 5.74) is 0. The van der Waals surface area contributed by atoms with Crippen molar-refractivity contribution in [3.8, 4) is 0 Å². The van der Waals surface area contributed by atoms with Crippen molar-refractivity contribution < 1.29 is 41.3 Å². The summed E-state index contributed by atoms with van der Waals surface area (Å²) in [6.45, 7) is 0. The Kier molecular flexibility index (Phi) is 59.2. The molecule has 1 radical (unpaired) electrons. The molecule has 0 saturated heterocycles. The predicted octanol–water partition coefficient (Wildman–Crippen LogP) is -2.66. The molecule has 0 saturated carbocycles. The first-order chi connectivity index (χ1) is 1.73. The standard InChI is InChI=1S/Cu.H2O3S.2H2O/c;1-4(2)3;;/h;(H2,1,2,3);2*1H2/q+2;;;/p-2. The fraction of sp³-hybridized carbons (Fsp3) is 0. The molecule has 0 aromatic rings. The van der Waals surface area contributed by atoms with E-state index in [2.05, 4.69) is 0 Å². The molecule has 0 aliphatic carbocycles. The minimum atomic E-state index is -3.11. The van der Waals surface area contributed by atoms with Gasteiger partial charge in [0, 0.05) is 0 Å². The van der Waals surface area contributed by atoms with Crippen LogP contribution in [0.2, 0.25) is 0 Å². The van der Waals surface area contributed by atoms with Crippen LogP contribution in [0.15, 0.2) is 0 Å². The third kappa shape index (κ3) is 510. The first kappa shape index (κ1) is 25.8. The van der Waals surface area contributed by atoms with E-state index in [4.69, 9.17) is 13.3 Å². The van der Waals surface area contributed by atoms with Gasteiger partial charge < -0.3 is 20.1 Å². The van der Waals surface area contributed by atoms with Crippen LogP contribution in [0, 0.1) is 0 Å². The molecule has 0 aromatic heterocycles. The fourth-order valence-electron chi connectivity index (χ4n) is 0. The normalized spacial score (nSPS) is 5.00. The van der Waals surface area contributed by atoms with Gasteiger partial charge in [0.15, 0.2) is 0 Å². The van der Waals surface area contributed by atoms with Gasteiger partial charge in [0.05, 0.1) is 0 Å². The maximum absolute atomic E-state index is 8.44. The Hall–Kier alpha value is 0.509. The first-order valence-electron chi connectivity index (χ1n) is 0.500. The molecule has 51 valence electrons. The molecule has 0 bridgehead atoms. The van der Waals surface area contributed by atoms with Crippen LogP contribution in [0.3, 0.4) is 0 Å². The molecule has 0 amide bonds. The molecule has 0 aliphatic rings. The van der Waals surface area contributed by atoms with Crippen molar-refractivity contribution in [2.24, 2.45) is 0 Å². The molecule has 4 N–H and O–H groups in total. The van der Waals surface area contributed by atoms with Crippen LogP contribution < -0.4 is 0 Å². The Balaban J connectivity index is -0.0000000150. The van der Waals surface area contributed by atoms with Crippen LogP contribution in [0.1, 0.15) is 0 Å². The third-order valence-corrected chi connectivity index (χ3v) is 0. The van der Waals surface area contributed by atoms with Crippen LogP contribution in [0.25, 0.3) is 0 Å². The van der Waals surface area contributed by atoms with E-state index in [9.17, 15) is 0 Å². The summed E-state index contributed by atoms with van der Waals surface area (Å²) in [4.78, 5) is 0. The zero-order valence-corrected chi connectivity index (χ0v) is 4.69. The maximum atomic E-state index is 8.44. The monoisotopic (exact) mass is 179 g/mol. The van der Waals surface area contributed by atoms with Gasteiger partial charge in [-0.25, -0.2) is 0 Å². The van der Waals surface area contributed by atoms with Gasteiger partial charge in [0.25, 0.3) is 0 Å². The summed E-state index contributed by atoms with van der Waals surface area (Å²) in [5.74, 6) is 0. The van der Waals surface area contributed by atoms with Gasteiger partial charge in [-0.1, -0.05) is 0 Å². The smallest absolute Gasteiger partial charge is 0.784 e. The van der Waals surface area contributed by atoms with Crippen LogP contribution >= 0.6 is 0 Å². The summed E-state index contributed by atoms with van der Waals surface area (Å²) in [7, 11) is 0. The number of hydrogen-bond acceptors (Lipinski definition) is 3. The minimum absolute atomic E-state index is 0. The summed E-state index contributed by atoms with van der Waals surface area (Å²) in [6.07, 6.45) is 0. The van der Waals surface area contributed by atoms with Crippen molar-refractivity contribution in [2.75, 3.05) is 0 Å². The van der Waals surface area contributed by atoms with Crippen molar-refractivity contribution in [2.45, 2.75) is 0 Å². The van der Waals surface area contributed by atoms with E-state index in [1.165, 1.54) is 0 Å². The largest absolute Gasteiger partial charge is 2.00 e. The second-order valence-corrected chi connectivity index (χ2v) is 0.612. The molecule has 0 fully saturated rings. The predicted molar refractivity (Wildman–Crippen MR) is 16.9 cm³/mol. The molecule has 0 atom stereocenters. The fourth-order valence-corrected chi connectivity index (χ4v) is 0. The van der Waals surface area contributed by atoms with Gasteiger partial charge in [-0.15, -0.1) is 11.4 Å². The average molecular weight is 180 g/mol. The summed E-state index contributed by atoms with van der Waals surface area (Å²) in [6, 6.07) is 0. The number of hydrogen-bond donors (Lipinski definition) is 0. The van der Waals surface area contributed by atoms with Crippen LogP contribution in [-0.2, 0) is 28.4 Å². The molecule has 0 heterocycles. The van der Waals surface area contributed by atoms with E-state index in [-0.39, 0.29) is 28.0 Å². The van der Waals surface area contributed by atoms with E-state index < -0.39 is 11.4 Å². The van der Waals surface area contributed by atoms with E-state index in [0.717, 1.165) is 0 Å². The van der Waals surface area contributed by atoms with E-state index in [1.807, 2.05) is 0 Å². The topological polar surface area (TPSA) is 126 Å². The Morgan fingerprint density at radius 1 is 1.14 bits per heavy atom. The van der Waals surface area contributed by atoms with Gasteiger partial charge in [-0.2, -0.15) is 0 Å². The van der Waals surface area contributed by atoms with Crippen molar-refractivity contribution in [3.63, 3.8) is 0 Å². The zero-order chi connectivity index (χ0) is 3.58. The molecule has 0 aromatic carbocycles. The SMILES string of the molecule is O.O.O=S([O-])[O-].[Cu+2]. The van der Waals surface area contributed by atoms with Gasteiger partial charge in [0.2, 0.25) is 0 Å². The summed E-state index contributed by atoms with van der Waals surface area (Å²) < 4.78 is 25.3.